The second-order valence-electron chi connectivity index (χ2n) is 6.72. The van der Waals surface area contributed by atoms with E-state index in [2.05, 4.69) is 37.9 Å². The molecule has 1 saturated carbocycles. The number of nitrogens with zero attached hydrogens (tertiary/aromatic N) is 1. The molecule has 2 unspecified atom stereocenters. The van der Waals surface area contributed by atoms with Crippen molar-refractivity contribution in [3.05, 3.63) is 29.6 Å². The minimum Gasteiger partial charge on any atom is -0.327 e. The van der Waals surface area contributed by atoms with Crippen molar-refractivity contribution in [1.29, 1.82) is 0 Å². The first-order valence-electron chi connectivity index (χ1n) is 7.72. The molecule has 106 valence electrons. The van der Waals surface area contributed by atoms with E-state index >= 15 is 0 Å². The Labute approximate surface area is 117 Å². The van der Waals surface area contributed by atoms with Gasteiger partial charge in [-0.2, -0.15) is 0 Å². The molecule has 1 aliphatic rings. The van der Waals surface area contributed by atoms with Gasteiger partial charge in [-0.3, -0.25) is 4.98 Å². The molecule has 1 aliphatic carbocycles. The molecule has 2 atom stereocenters. The van der Waals surface area contributed by atoms with E-state index in [0.717, 1.165) is 18.5 Å². The van der Waals surface area contributed by atoms with Crippen LogP contribution >= 0.6 is 0 Å². The molecule has 2 nitrogen and oxygen atoms in total. The lowest BCUT2D eigenvalue weighted by molar-refractivity contribution is 0.112. The third-order valence-electron chi connectivity index (χ3n) is 4.85. The molecule has 19 heavy (non-hydrogen) atoms. The number of hydrogen-bond donors (Lipinski definition) is 1. The fourth-order valence-electron chi connectivity index (χ4n) is 3.48. The van der Waals surface area contributed by atoms with Crippen LogP contribution in [0.2, 0.25) is 0 Å². The molecule has 1 aromatic heterocycles. The van der Waals surface area contributed by atoms with Crippen LogP contribution in [0.3, 0.4) is 0 Å². The molecular formula is C17H28N2. The Morgan fingerprint density at radius 1 is 1.37 bits per heavy atom. The minimum absolute atomic E-state index is 0.246. The Kier molecular flexibility index (Phi) is 4.62. The van der Waals surface area contributed by atoms with Gasteiger partial charge in [-0.1, -0.05) is 39.7 Å². The van der Waals surface area contributed by atoms with Crippen molar-refractivity contribution in [2.75, 3.05) is 0 Å². The van der Waals surface area contributed by atoms with Crippen molar-refractivity contribution in [1.82, 2.24) is 4.98 Å². The van der Waals surface area contributed by atoms with E-state index in [4.69, 9.17) is 5.73 Å². The summed E-state index contributed by atoms with van der Waals surface area (Å²) in [5.74, 6) is 0.633. The second-order valence-corrected chi connectivity index (χ2v) is 6.72. The number of hydrogen-bond acceptors (Lipinski definition) is 2. The second kappa shape index (κ2) is 6.04. The summed E-state index contributed by atoms with van der Waals surface area (Å²) in [7, 11) is 0. The van der Waals surface area contributed by atoms with Gasteiger partial charge in [-0.15, -0.1) is 0 Å². The third kappa shape index (κ3) is 3.56. The lowest BCUT2D eigenvalue weighted by atomic mass is 9.65. The highest BCUT2D eigenvalue weighted by Gasteiger charge is 2.35. The Bertz CT molecular complexity index is 394. The van der Waals surface area contributed by atoms with E-state index in [1.165, 1.54) is 31.2 Å². The molecule has 2 rings (SSSR count). The molecule has 0 saturated heterocycles. The highest BCUT2D eigenvalue weighted by atomic mass is 14.7. The maximum atomic E-state index is 6.49. The molecule has 2 N–H and O–H groups in total. The molecule has 0 amide bonds. The molecular weight excluding hydrogens is 232 g/mol. The molecule has 1 aromatic rings. The Hall–Kier alpha value is -0.890. The van der Waals surface area contributed by atoms with Gasteiger partial charge in [0.25, 0.3) is 0 Å². The van der Waals surface area contributed by atoms with Crippen LogP contribution < -0.4 is 5.73 Å². The van der Waals surface area contributed by atoms with Crippen LogP contribution in [0.4, 0.5) is 0 Å². The predicted molar refractivity (Wildman–Crippen MR) is 81.0 cm³/mol. The highest BCUT2D eigenvalue weighted by Crippen LogP contribution is 2.42. The first kappa shape index (κ1) is 14.5. The molecule has 0 aromatic carbocycles. The summed E-state index contributed by atoms with van der Waals surface area (Å²) in [5.41, 5.74) is 9.32. The van der Waals surface area contributed by atoms with Crippen LogP contribution in [0.1, 0.15) is 57.7 Å². The van der Waals surface area contributed by atoms with Gasteiger partial charge in [0, 0.05) is 24.4 Å². The number of aromatic nitrogens is 1. The average Bonchev–Trinajstić information content (AvgIpc) is 2.39. The topological polar surface area (TPSA) is 38.9 Å². The third-order valence-corrected chi connectivity index (χ3v) is 4.85. The molecule has 2 heteroatoms. The van der Waals surface area contributed by atoms with Crippen LogP contribution in [0.5, 0.6) is 0 Å². The summed E-state index contributed by atoms with van der Waals surface area (Å²) in [6.45, 7) is 6.92. The molecule has 0 spiro atoms. The number of aryl methyl sites for hydroxylation is 1. The van der Waals surface area contributed by atoms with Crippen molar-refractivity contribution in [3.8, 4) is 0 Å². The van der Waals surface area contributed by atoms with Gasteiger partial charge in [-0.05, 0) is 42.2 Å². The van der Waals surface area contributed by atoms with E-state index < -0.39 is 0 Å². The van der Waals surface area contributed by atoms with Gasteiger partial charge in [0.05, 0.1) is 0 Å². The number of pyridine rings is 1. The molecule has 0 aliphatic heterocycles. The molecule has 1 heterocycles. The van der Waals surface area contributed by atoms with Gasteiger partial charge < -0.3 is 5.73 Å². The quantitative estimate of drug-likeness (QED) is 0.896. The van der Waals surface area contributed by atoms with Gasteiger partial charge in [0.1, 0.15) is 0 Å². The fourth-order valence-corrected chi connectivity index (χ4v) is 3.48. The Morgan fingerprint density at radius 2 is 2.16 bits per heavy atom. The first-order valence-corrected chi connectivity index (χ1v) is 7.72. The van der Waals surface area contributed by atoms with Crippen molar-refractivity contribution < 1.29 is 0 Å². The maximum absolute atomic E-state index is 6.49. The van der Waals surface area contributed by atoms with Crippen LogP contribution in [0, 0.1) is 11.3 Å². The van der Waals surface area contributed by atoms with E-state index in [9.17, 15) is 0 Å². The first-order chi connectivity index (χ1) is 9.03. The van der Waals surface area contributed by atoms with Gasteiger partial charge in [0.15, 0.2) is 0 Å². The van der Waals surface area contributed by atoms with Gasteiger partial charge in [-0.25, -0.2) is 0 Å². The average molecular weight is 260 g/mol. The lowest BCUT2D eigenvalue weighted by Gasteiger charge is -2.42. The van der Waals surface area contributed by atoms with Crippen molar-refractivity contribution in [3.63, 3.8) is 0 Å². The monoisotopic (exact) mass is 260 g/mol. The normalized spacial score (nSPS) is 24.1. The van der Waals surface area contributed by atoms with Crippen LogP contribution in [-0.2, 0) is 12.8 Å². The summed E-state index contributed by atoms with van der Waals surface area (Å²) in [6, 6.07) is 4.57. The smallest absolute Gasteiger partial charge is 0.0419 e. The van der Waals surface area contributed by atoms with E-state index in [1.807, 2.05) is 6.20 Å². The van der Waals surface area contributed by atoms with Crippen LogP contribution in [-0.4, -0.2) is 11.0 Å². The summed E-state index contributed by atoms with van der Waals surface area (Å²) in [5, 5.41) is 0. The number of nitrogens with two attached hydrogens (primary N) is 1. The molecule has 0 bridgehead atoms. The summed E-state index contributed by atoms with van der Waals surface area (Å²) in [4.78, 5) is 4.55. The highest BCUT2D eigenvalue weighted by molar-refractivity contribution is 5.15. The largest absolute Gasteiger partial charge is 0.327 e. The number of rotatable bonds is 4. The van der Waals surface area contributed by atoms with Crippen LogP contribution in [0.25, 0.3) is 0 Å². The van der Waals surface area contributed by atoms with E-state index in [-0.39, 0.29) is 6.04 Å². The van der Waals surface area contributed by atoms with Crippen molar-refractivity contribution in [2.45, 2.75) is 65.3 Å². The Balaban J connectivity index is 2.01. The van der Waals surface area contributed by atoms with Crippen molar-refractivity contribution >= 4 is 0 Å². The molecule has 1 fully saturated rings. The maximum Gasteiger partial charge on any atom is 0.0419 e. The fraction of sp³-hybridized carbons (Fsp3) is 0.706. The lowest BCUT2D eigenvalue weighted by Crippen LogP contribution is -2.43. The minimum atomic E-state index is 0.246. The zero-order valence-corrected chi connectivity index (χ0v) is 12.7. The standard InChI is InChI=1S/C17H28N2/c1-4-13-8-9-14(19-12-13)11-16(18)15-7-5-6-10-17(15,2)3/h8-9,12,15-16H,4-7,10-11,18H2,1-3H3. The SMILES string of the molecule is CCc1ccc(CC(N)C2CCCCC2(C)C)nc1. The molecule has 0 radical (unpaired) electrons. The summed E-state index contributed by atoms with van der Waals surface area (Å²) in [6.07, 6.45) is 9.25. The van der Waals surface area contributed by atoms with Gasteiger partial charge in [0.2, 0.25) is 0 Å². The van der Waals surface area contributed by atoms with E-state index in [1.54, 1.807) is 0 Å². The zero-order chi connectivity index (χ0) is 13.9. The van der Waals surface area contributed by atoms with Gasteiger partial charge >= 0.3 is 0 Å². The Morgan fingerprint density at radius 3 is 2.74 bits per heavy atom. The van der Waals surface area contributed by atoms with E-state index in [0.29, 0.717) is 11.3 Å². The summed E-state index contributed by atoms with van der Waals surface area (Å²) < 4.78 is 0. The van der Waals surface area contributed by atoms with Crippen LogP contribution in [0.15, 0.2) is 18.3 Å². The summed E-state index contributed by atoms with van der Waals surface area (Å²) >= 11 is 0. The van der Waals surface area contributed by atoms with Crippen molar-refractivity contribution in [2.24, 2.45) is 17.1 Å². The predicted octanol–water partition coefficient (Wildman–Crippen LogP) is 3.73. The zero-order valence-electron chi connectivity index (χ0n) is 12.7.